The quantitative estimate of drug-likeness (QED) is 0.233. The third-order valence-electron chi connectivity index (χ3n) is 6.82. The number of ether oxygens (including phenoxy) is 2. The first-order valence-corrected chi connectivity index (χ1v) is 14.0. The standard InChI is InChI=1S/C30H43ClO4/c1-3-5-7-9-13-23(32)20-34-29-25-15-11-12-16-26(25)30(28-19-22(31)17-18-27(28)29)35-21-24(33)14-10-8-6-4-2/h11-12,15-17,23-24,32-33H,3-10,13-14,18-21H2,1-2H3. The normalized spacial score (nSPS) is 14.9. The molecular weight excluding hydrogens is 460 g/mol. The number of rotatable bonds is 16. The number of hydrogen-bond acceptors (Lipinski definition) is 4. The summed E-state index contributed by atoms with van der Waals surface area (Å²) in [5.41, 5.74) is 2.10. The highest BCUT2D eigenvalue weighted by molar-refractivity contribution is 6.30. The van der Waals surface area contributed by atoms with Crippen LogP contribution in [0.5, 0.6) is 11.5 Å². The minimum Gasteiger partial charge on any atom is -0.490 e. The molecule has 0 heterocycles. The van der Waals surface area contributed by atoms with Crippen LogP contribution >= 0.6 is 11.6 Å². The van der Waals surface area contributed by atoms with Crippen LogP contribution < -0.4 is 9.47 Å². The van der Waals surface area contributed by atoms with E-state index in [1.165, 1.54) is 25.7 Å². The number of unbranched alkanes of at least 4 members (excludes halogenated alkanes) is 6. The van der Waals surface area contributed by atoms with Crippen LogP contribution in [0.3, 0.4) is 0 Å². The van der Waals surface area contributed by atoms with Crippen LogP contribution in [0.2, 0.25) is 0 Å². The Morgan fingerprint density at radius 2 is 1.29 bits per heavy atom. The Balaban J connectivity index is 1.80. The summed E-state index contributed by atoms with van der Waals surface area (Å²) in [6.07, 6.45) is 12.9. The average molecular weight is 503 g/mol. The molecule has 2 unspecified atom stereocenters. The first kappa shape index (κ1) is 27.8. The second kappa shape index (κ2) is 14.7. The van der Waals surface area contributed by atoms with Gasteiger partial charge in [0.05, 0.1) is 12.2 Å². The maximum Gasteiger partial charge on any atom is 0.131 e. The fraction of sp³-hybridized carbons (Fsp3) is 0.600. The van der Waals surface area contributed by atoms with Gasteiger partial charge in [-0.15, -0.1) is 0 Å². The molecule has 4 nitrogen and oxygen atoms in total. The molecule has 2 aromatic carbocycles. The molecule has 0 saturated heterocycles. The number of halogens is 1. The molecule has 0 fully saturated rings. The predicted molar refractivity (Wildman–Crippen MR) is 146 cm³/mol. The average Bonchev–Trinajstić information content (AvgIpc) is 2.86. The molecule has 0 aliphatic heterocycles. The molecule has 1 aliphatic rings. The molecule has 5 heteroatoms. The topological polar surface area (TPSA) is 58.9 Å². The van der Waals surface area contributed by atoms with Crippen molar-refractivity contribution < 1.29 is 19.7 Å². The van der Waals surface area contributed by atoms with Crippen molar-refractivity contribution in [3.63, 3.8) is 0 Å². The highest BCUT2D eigenvalue weighted by Crippen LogP contribution is 2.44. The molecule has 194 valence electrons. The second-order valence-electron chi connectivity index (χ2n) is 9.82. The van der Waals surface area contributed by atoms with Crippen molar-refractivity contribution in [3.05, 3.63) is 46.5 Å². The molecule has 2 aromatic rings. The van der Waals surface area contributed by atoms with Crippen LogP contribution in [-0.4, -0.2) is 35.6 Å². The van der Waals surface area contributed by atoms with Crippen LogP contribution in [0.1, 0.15) is 89.2 Å². The molecule has 0 spiro atoms. The first-order chi connectivity index (χ1) is 17.0. The van der Waals surface area contributed by atoms with Crippen LogP contribution in [0.25, 0.3) is 10.8 Å². The first-order valence-electron chi connectivity index (χ1n) is 13.6. The summed E-state index contributed by atoms with van der Waals surface area (Å²) in [5, 5.41) is 23.8. The Morgan fingerprint density at radius 3 is 1.80 bits per heavy atom. The zero-order chi connectivity index (χ0) is 25.0. The summed E-state index contributed by atoms with van der Waals surface area (Å²) in [5.74, 6) is 1.61. The Morgan fingerprint density at radius 1 is 0.771 bits per heavy atom. The minimum atomic E-state index is -0.491. The summed E-state index contributed by atoms with van der Waals surface area (Å²) in [6, 6.07) is 8.08. The van der Waals surface area contributed by atoms with Crippen molar-refractivity contribution in [2.24, 2.45) is 0 Å². The zero-order valence-corrected chi connectivity index (χ0v) is 22.3. The van der Waals surface area contributed by atoms with E-state index in [1.54, 1.807) is 0 Å². The molecule has 1 aliphatic carbocycles. The van der Waals surface area contributed by atoms with Gasteiger partial charge in [0.2, 0.25) is 0 Å². The Bertz CT molecular complexity index is 955. The molecule has 0 radical (unpaired) electrons. The van der Waals surface area contributed by atoms with Crippen molar-refractivity contribution >= 4 is 22.4 Å². The van der Waals surface area contributed by atoms with E-state index in [1.807, 2.05) is 30.3 Å². The van der Waals surface area contributed by atoms with Crippen molar-refractivity contribution in [3.8, 4) is 11.5 Å². The Labute approximate surface area is 216 Å². The Hall–Kier alpha value is -1.75. The SMILES string of the molecule is CCCCCCC(O)COc1c2c(c(OCC(O)CCCCCC)c3ccccc13)CC(Cl)=CC2. The molecule has 2 N–H and O–H groups in total. The smallest absolute Gasteiger partial charge is 0.131 e. The lowest BCUT2D eigenvalue weighted by atomic mass is 9.90. The van der Waals surface area contributed by atoms with E-state index >= 15 is 0 Å². The van der Waals surface area contributed by atoms with Gasteiger partial charge in [-0.3, -0.25) is 0 Å². The molecule has 3 rings (SSSR count). The molecule has 0 aromatic heterocycles. The van der Waals surface area contributed by atoms with E-state index < -0.39 is 12.2 Å². The lowest BCUT2D eigenvalue weighted by Crippen LogP contribution is -2.20. The van der Waals surface area contributed by atoms with E-state index in [4.69, 9.17) is 21.1 Å². The van der Waals surface area contributed by atoms with E-state index in [0.29, 0.717) is 12.8 Å². The van der Waals surface area contributed by atoms with Gasteiger partial charge in [0.25, 0.3) is 0 Å². The number of fused-ring (bicyclic) bond motifs is 2. The summed E-state index contributed by atoms with van der Waals surface area (Å²) >= 11 is 6.47. The molecule has 0 bridgehead atoms. The monoisotopic (exact) mass is 502 g/mol. The summed E-state index contributed by atoms with van der Waals surface area (Å²) < 4.78 is 12.6. The van der Waals surface area contributed by atoms with E-state index in [2.05, 4.69) is 13.8 Å². The largest absolute Gasteiger partial charge is 0.490 e. The predicted octanol–water partition coefficient (Wildman–Crippen LogP) is 7.48. The number of allylic oxidation sites excluding steroid dienone is 2. The van der Waals surface area contributed by atoms with Gasteiger partial charge in [-0.1, -0.05) is 107 Å². The van der Waals surface area contributed by atoms with Gasteiger partial charge < -0.3 is 19.7 Å². The molecule has 2 atom stereocenters. The van der Waals surface area contributed by atoms with E-state index in [9.17, 15) is 10.2 Å². The summed E-state index contributed by atoms with van der Waals surface area (Å²) in [7, 11) is 0. The molecular formula is C30H43ClO4. The van der Waals surface area contributed by atoms with Gasteiger partial charge in [0.15, 0.2) is 0 Å². The second-order valence-corrected chi connectivity index (χ2v) is 10.3. The highest BCUT2D eigenvalue weighted by atomic mass is 35.5. The van der Waals surface area contributed by atoms with Crippen molar-refractivity contribution in [2.45, 2.75) is 103 Å². The molecule has 35 heavy (non-hydrogen) atoms. The van der Waals surface area contributed by atoms with Crippen molar-refractivity contribution in [1.29, 1.82) is 0 Å². The lowest BCUT2D eigenvalue weighted by Gasteiger charge is -2.25. The van der Waals surface area contributed by atoms with E-state index in [0.717, 1.165) is 77.0 Å². The van der Waals surface area contributed by atoms with E-state index in [-0.39, 0.29) is 13.2 Å². The fourth-order valence-electron chi connectivity index (χ4n) is 4.80. The molecule has 0 amide bonds. The maximum atomic E-state index is 10.5. The van der Waals surface area contributed by atoms with Gasteiger partial charge in [0, 0.05) is 33.4 Å². The maximum absolute atomic E-state index is 10.5. The minimum absolute atomic E-state index is 0.264. The molecule has 0 saturated carbocycles. The number of hydrogen-bond donors (Lipinski definition) is 2. The van der Waals surface area contributed by atoms with Crippen molar-refractivity contribution in [2.75, 3.05) is 13.2 Å². The summed E-state index contributed by atoms with van der Waals surface area (Å²) in [4.78, 5) is 0. The Kier molecular flexibility index (Phi) is 11.7. The van der Waals surface area contributed by atoms with Gasteiger partial charge in [0.1, 0.15) is 24.7 Å². The van der Waals surface area contributed by atoms with Crippen LogP contribution in [0, 0.1) is 0 Å². The highest BCUT2D eigenvalue weighted by Gasteiger charge is 2.25. The van der Waals surface area contributed by atoms with Crippen LogP contribution in [0.4, 0.5) is 0 Å². The van der Waals surface area contributed by atoms with Gasteiger partial charge in [-0.05, 0) is 19.3 Å². The number of aliphatic hydroxyl groups is 2. The lowest BCUT2D eigenvalue weighted by molar-refractivity contribution is 0.0960. The summed E-state index contributed by atoms with van der Waals surface area (Å²) in [6.45, 7) is 4.92. The zero-order valence-electron chi connectivity index (χ0n) is 21.5. The van der Waals surface area contributed by atoms with Crippen LogP contribution in [-0.2, 0) is 12.8 Å². The van der Waals surface area contributed by atoms with Gasteiger partial charge in [-0.2, -0.15) is 0 Å². The number of aliphatic hydroxyl groups excluding tert-OH is 2. The fourth-order valence-corrected chi connectivity index (χ4v) is 5.01. The van der Waals surface area contributed by atoms with Gasteiger partial charge >= 0.3 is 0 Å². The van der Waals surface area contributed by atoms with Crippen molar-refractivity contribution in [1.82, 2.24) is 0 Å². The number of benzene rings is 2. The third-order valence-corrected chi connectivity index (χ3v) is 7.11. The van der Waals surface area contributed by atoms with Gasteiger partial charge in [-0.25, -0.2) is 0 Å². The third kappa shape index (κ3) is 8.13. The van der Waals surface area contributed by atoms with Crippen LogP contribution in [0.15, 0.2) is 35.4 Å².